The molecule has 2 heterocycles. The Hall–Kier alpha value is -2.67. The number of aryl methyl sites for hydroxylation is 2. The van der Waals surface area contributed by atoms with E-state index in [-0.39, 0.29) is 17.2 Å². The second kappa shape index (κ2) is 5.27. The van der Waals surface area contributed by atoms with E-state index in [9.17, 15) is 14.7 Å². The molecule has 2 aromatic heterocycles. The van der Waals surface area contributed by atoms with Crippen molar-refractivity contribution in [1.82, 2.24) is 9.55 Å². The minimum absolute atomic E-state index is 0.0105. The summed E-state index contributed by atoms with van der Waals surface area (Å²) >= 11 is 1.16. The average Bonchev–Trinajstić information content (AvgIpc) is 2.83. The summed E-state index contributed by atoms with van der Waals surface area (Å²) in [5.41, 5.74) is 0.743. The lowest BCUT2D eigenvalue weighted by atomic mass is 10.2. The van der Waals surface area contributed by atoms with Gasteiger partial charge in [-0.3, -0.25) is 9.59 Å². The number of amides is 1. The van der Waals surface area contributed by atoms with Gasteiger partial charge in [0.05, 0.1) is 22.3 Å². The van der Waals surface area contributed by atoms with Crippen molar-refractivity contribution in [3.63, 3.8) is 0 Å². The number of phenolic OH excluding ortho intramolecular Hbond substituents is 1. The lowest BCUT2D eigenvalue weighted by molar-refractivity contribution is 0.102. The zero-order valence-corrected chi connectivity index (χ0v) is 12.8. The van der Waals surface area contributed by atoms with Gasteiger partial charge in [-0.15, -0.1) is 11.3 Å². The van der Waals surface area contributed by atoms with E-state index in [2.05, 4.69) is 10.3 Å². The van der Waals surface area contributed by atoms with E-state index in [1.165, 1.54) is 17.0 Å². The average molecular weight is 315 g/mol. The summed E-state index contributed by atoms with van der Waals surface area (Å²) in [6, 6.07) is 6.48. The molecule has 0 saturated heterocycles. The van der Waals surface area contributed by atoms with Gasteiger partial charge in [-0.1, -0.05) is 12.1 Å². The van der Waals surface area contributed by atoms with Crippen LogP contribution in [0.2, 0.25) is 0 Å². The van der Waals surface area contributed by atoms with E-state index < -0.39 is 0 Å². The molecular weight excluding hydrogens is 302 g/mol. The van der Waals surface area contributed by atoms with Crippen LogP contribution in [-0.4, -0.2) is 20.6 Å². The topological polar surface area (TPSA) is 84.2 Å². The number of thiophene rings is 1. The fraction of sp³-hybridized carbons (Fsp3) is 0.133. The molecule has 3 rings (SSSR count). The molecule has 22 heavy (non-hydrogen) atoms. The number of aromatic hydroxyl groups is 1. The van der Waals surface area contributed by atoms with E-state index >= 15 is 0 Å². The lowest BCUT2D eigenvalue weighted by Crippen LogP contribution is -2.17. The number of carbonyl (C=O) groups is 1. The number of phenols is 1. The van der Waals surface area contributed by atoms with Gasteiger partial charge in [0.2, 0.25) is 0 Å². The first kappa shape index (κ1) is 14.3. The summed E-state index contributed by atoms with van der Waals surface area (Å²) in [7, 11) is 1.62. The van der Waals surface area contributed by atoms with Gasteiger partial charge < -0.3 is 15.0 Å². The fourth-order valence-corrected chi connectivity index (χ4v) is 3.22. The van der Waals surface area contributed by atoms with Crippen molar-refractivity contribution < 1.29 is 9.90 Å². The maximum absolute atomic E-state index is 12.4. The highest BCUT2D eigenvalue weighted by atomic mass is 32.1. The highest BCUT2D eigenvalue weighted by Gasteiger charge is 2.19. The van der Waals surface area contributed by atoms with Gasteiger partial charge in [0, 0.05) is 7.05 Å². The van der Waals surface area contributed by atoms with Crippen molar-refractivity contribution in [1.29, 1.82) is 0 Å². The van der Waals surface area contributed by atoms with Crippen molar-refractivity contribution in [2.45, 2.75) is 6.92 Å². The molecule has 0 aliphatic rings. The SMILES string of the molecule is Cc1c(C(=O)Nc2ccccc2O)sc2ncn(C)c(=O)c12. The number of fused-ring (bicyclic) bond motifs is 1. The number of para-hydroxylation sites is 2. The molecule has 0 fully saturated rings. The second-order valence-corrected chi connectivity index (χ2v) is 5.87. The summed E-state index contributed by atoms with van der Waals surface area (Å²) in [6.45, 7) is 1.72. The third kappa shape index (κ3) is 2.25. The van der Waals surface area contributed by atoms with Crippen LogP contribution in [0.25, 0.3) is 10.2 Å². The molecule has 0 atom stereocenters. The molecular formula is C15H13N3O3S. The Labute approximate surface area is 129 Å². The van der Waals surface area contributed by atoms with Crippen LogP contribution in [0.15, 0.2) is 35.4 Å². The van der Waals surface area contributed by atoms with Crippen molar-refractivity contribution in [3.05, 3.63) is 51.4 Å². The number of anilines is 1. The summed E-state index contributed by atoms with van der Waals surface area (Å²) in [5, 5.41) is 12.8. The number of aromatic nitrogens is 2. The van der Waals surface area contributed by atoms with Crippen LogP contribution in [0.1, 0.15) is 15.2 Å². The van der Waals surface area contributed by atoms with E-state index in [1.54, 1.807) is 32.2 Å². The predicted octanol–water partition coefficient (Wildman–Crippen LogP) is 2.26. The first-order chi connectivity index (χ1) is 10.5. The molecule has 6 nitrogen and oxygen atoms in total. The highest BCUT2D eigenvalue weighted by Crippen LogP contribution is 2.29. The maximum atomic E-state index is 12.4. The smallest absolute Gasteiger partial charge is 0.266 e. The van der Waals surface area contributed by atoms with Gasteiger partial charge in [-0.25, -0.2) is 4.98 Å². The number of benzene rings is 1. The Bertz CT molecular complexity index is 943. The molecule has 2 N–H and O–H groups in total. The number of nitrogens with zero attached hydrogens (tertiary/aromatic N) is 2. The van der Waals surface area contributed by atoms with Crippen LogP contribution in [0, 0.1) is 6.92 Å². The Kier molecular flexibility index (Phi) is 3.42. The third-order valence-electron chi connectivity index (χ3n) is 3.37. The summed E-state index contributed by atoms with van der Waals surface area (Å²) in [4.78, 5) is 29.7. The van der Waals surface area contributed by atoms with E-state index in [1.807, 2.05) is 0 Å². The van der Waals surface area contributed by atoms with Crippen molar-refractivity contribution in [2.24, 2.45) is 7.05 Å². The lowest BCUT2D eigenvalue weighted by Gasteiger charge is -2.06. The monoisotopic (exact) mass is 315 g/mol. The summed E-state index contributed by atoms with van der Waals surface area (Å²) in [5.74, 6) is -0.382. The molecule has 7 heteroatoms. The molecule has 1 aromatic carbocycles. The Morgan fingerprint density at radius 3 is 2.82 bits per heavy atom. The number of carbonyl (C=O) groups excluding carboxylic acids is 1. The van der Waals surface area contributed by atoms with Gasteiger partial charge >= 0.3 is 0 Å². The number of rotatable bonds is 2. The van der Waals surface area contributed by atoms with E-state index in [0.29, 0.717) is 26.3 Å². The molecule has 0 bridgehead atoms. The van der Waals surface area contributed by atoms with Crippen LogP contribution in [0.4, 0.5) is 5.69 Å². The van der Waals surface area contributed by atoms with Crippen LogP contribution in [-0.2, 0) is 7.05 Å². The molecule has 0 spiro atoms. The van der Waals surface area contributed by atoms with Crippen molar-refractivity contribution in [2.75, 3.05) is 5.32 Å². The fourth-order valence-electron chi connectivity index (χ4n) is 2.18. The minimum Gasteiger partial charge on any atom is -0.506 e. The first-order valence-electron chi connectivity index (χ1n) is 6.53. The quantitative estimate of drug-likeness (QED) is 0.711. The Morgan fingerprint density at radius 2 is 2.09 bits per heavy atom. The molecule has 0 aliphatic carbocycles. The molecule has 0 radical (unpaired) electrons. The standard InChI is InChI=1S/C15H13N3O3S/c1-8-11-14(16-7-18(2)15(11)21)22-12(8)13(20)17-9-5-3-4-6-10(9)19/h3-7,19H,1-2H3,(H,17,20). The molecule has 3 aromatic rings. The summed E-state index contributed by atoms with van der Waals surface area (Å²) < 4.78 is 1.38. The van der Waals surface area contributed by atoms with Crippen molar-refractivity contribution in [3.8, 4) is 5.75 Å². The molecule has 0 saturated carbocycles. The normalized spacial score (nSPS) is 10.8. The highest BCUT2D eigenvalue weighted by molar-refractivity contribution is 7.20. The minimum atomic E-state index is -0.371. The second-order valence-electron chi connectivity index (χ2n) is 4.87. The van der Waals surface area contributed by atoms with Crippen LogP contribution < -0.4 is 10.9 Å². The Morgan fingerprint density at radius 1 is 1.36 bits per heavy atom. The summed E-state index contributed by atoms with van der Waals surface area (Å²) in [6.07, 6.45) is 1.44. The largest absolute Gasteiger partial charge is 0.506 e. The third-order valence-corrected chi connectivity index (χ3v) is 4.57. The van der Waals surface area contributed by atoms with Crippen LogP contribution in [0.3, 0.4) is 0 Å². The molecule has 0 unspecified atom stereocenters. The first-order valence-corrected chi connectivity index (χ1v) is 7.34. The molecule has 1 amide bonds. The zero-order valence-electron chi connectivity index (χ0n) is 12.0. The van der Waals surface area contributed by atoms with Crippen LogP contribution >= 0.6 is 11.3 Å². The van der Waals surface area contributed by atoms with E-state index in [4.69, 9.17) is 0 Å². The van der Waals surface area contributed by atoms with Gasteiger partial charge in [0.25, 0.3) is 11.5 Å². The number of hydrogen-bond donors (Lipinski definition) is 2. The van der Waals surface area contributed by atoms with Crippen LogP contribution in [0.5, 0.6) is 5.75 Å². The Balaban J connectivity index is 2.05. The van der Waals surface area contributed by atoms with Gasteiger partial charge in [0.15, 0.2) is 0 Å². The van der Waals surface area contributed by atoms with Gasteiger partial charge in [-0.05, 0) is 24.6 Å². The number of nitrogens with one attached hydrogen (secondary N) is 1. The van der Waals surface area contributed by atoms with Crippen molar-refractivity contribution >= 4 is 33.1 Å². The predicted molar refractivity (Wildman–Crippen MR) is 85.7 cm³/mol. The molecule has 0 aliphatic heterocycles. The zero-order chi connectivity index (χ0) is 15.9. The molecule has 112 valence electrons. The van der Waals surface area contributed by atoms with Gasteiger partial charge in [0.1, 0.15) is 10.6 Å². The van der Waals surface area contributed by atoms with Gasteiger partial charge in [-0.2, -0.15) is 0 Å². The van der Waals surface area contributed by atoms with E-state index in [0.717, 1.165) is 11.3 Å². The number of hydrogen-bond acceptors (Lipinski definition) is 5. The maximum Gasteiger partial charge on any atom is 0.266 e.